The Labute approximate surface area is 140 Å². The standard InChI is InChI=1S/C16H12FN5OS/c1-2-24-16-19-15-18-9-12-13(22(15)20-16)7-8-21(14(12)23)11-5-3-10(17)4-6-11/h3-9H,2H2,1H3. The van der Waals surface area contributed by atoms with Crippen molar-refractivity contribution in [3.05, 3.63) is 58.9 Å². The van der Waals surface area contributed by atoms with Crippen molar-refractivity contribution in [1.82, 2.24) is 24.1 Å². The lowest BCUT2D eigenvalue weighted by Crippen LogP contribution is -2.18. The van der Waals surface area contributed by atoms with Gasteiger partial charge in [-0.3, -0.25) is 9.36 Å². The zero-order chi connectivity index (χ0) is 16.7. The van der Waals surface area contributed by atoms with Crippen LogP contribution in [0.2, 0.25) is 0 Å². The zero-order valence-corrected chi connectivity index (χ0v) is 13.5. The van der Waals surface area contributed by atoms with Crippen molar-refractivity contribution in [1.29, 1.82) is 0 Å². The monoisotopic (exact) mass is 341 g/mol. The summed E-state index contributed by atoms with van der Waals surface area (Å²) in [5.74, 6) is 0.962. The van der Waals surface area contributed by atoms with E-state index in [1.54, 1.807) is 28.9 Å². The molecular formula is C16H12FN5OS. The molecule has 4 aromatic rings. The predicted molar refractivity (Wildman–Crippen MR) is 90.2 cm³/mol. The van der Waals surface area contributed by atoms with Crippen molar-refractivity contribution >= 4 is 28.4 Å². The minimum absolute atomic E-state index is 0.242. The van der Waals surface area contributed by atoms with Gasteiger partial charge in [-0.05, 0) is 36.1 Å². The second kappa shape index (κ2) is 5.72. The molecule has 8 heteroatoms. The molecule has 0 aliphatic rings. The molecule has 0 amide bonds. The smallest absolute Gasteiger partial charge is 0.266 e. The van der Waals surface area contributed by atoms with E-state index in [0.29, 0.717) is 27.5 Å². The fraction of sp³-hybridized carbons (Fsp3) is 0.125. The molecule has 0 N–H and O–H groups in total. The summed E-state index contributed by atoms with van der Waals surface area (Å²) in [6.07, 6.45) is 3.15. The molecule has 4 rings (SSSR count). The zero-order valence-electron chi connectivity index (χ0n) is 12.7. The van der Waals surface area contributed by atoms with Crippen LogP contribution in [0.1, 0.15) is 6.92 Å². The fourth-order valence-electron chi connectivity index (χ4n) is 2.50. The van der Waals surface area contributed by atoms with Gasteiger partial charge in [0, 0.05) is 18.1 Å². The first-order chi connectivity index (χ1) is 11.7. The SMILES string of the molecule is CCSc1nc2ncc3c(=O)n(-c4ccc(F)cc4)ccc3n2n1. The highest BCUT2D eigenvalue weighted by atomic mass is 32.2. The van der Waals surface area contributed by atoms with Gasteiger partial charge in [-0.2, -0.15) is 9.50 Å². The van der Waals surface area contributed by atoms with Crippen molar-refractivity contribution in [3.8, 4) is 5.69 Å². The van der Waals surface area contributed by atoms with Crippen LogP contribution >= 0.6 is 11.8 Å². The average Bonchev–Trinajstić information content (AvgIpc) is 2.99. The highest BCUT2D eigenvalue weighted by Gasteiger charge is 2.12. The van der Waals surface area contributed by atoms with Crippen LogP contribution in [-0.2, 0) is 0 Å². The first kappa shape index (κ1) is 14.8. The van der Waals surface area contributed by atoms with Gasteiger partial charge in [0.15, 0.2) is 0 Å². The summed E-state index contributed by atoms with van der Waals surface area (Å²) in [6.45, 7) is 2.02. The molecule has 0 aliphatic heterocycles. The molecular weight excluding hydrogens is 329 g/mol. The topological polar surface area (TPSA) is 65.1 Å². The predicted octanol–water partition coefficient (Wildman–Crippen LogP) is 2.68. The van der Waals surface area contributed by atoms with Crippen LogP contribution in [0, 0.1) is 5.82 Å². The van der Waals surface area contributed by atoms with Crippen molar-refractivity contribution in [2.75, 3.05) is 5.75 Å². The molecule has 0 spiro atoms. The number of pyridine rings is 1. The Morgan fingerprint density at radius 2 is 2.00 bits per heavy atom. The number of halogens is 1. The van der Waals surface area contributed by atoms with E-state index in [1.807, 2.05) is 6.92 Å². The molecule has 120 valence electrons. The van der Waals surface area contributed by atoms with Crippen molar-refractivity contribution < 1.29 is 4.39 Å². The third kappa shape index (κ3) is 2.35. The third-order valence-electron chi connectivity index (χ3n) is 3.59. The lowest BCUT2D eigenvalue weighted by atomic mass is 10.2. The third-order valence-corrected chi connectivity index (χ3v) is 4.31. The molecule has 0 bridgehead atoms. The maximum absolute atomic E-state index is 13.1. The van der Waals surface area contributed by atoms with Gasteiger partial charge in [-0.25, -0.2) is 9.37 Å². The lowest BCUT2D eigenvalue weighted by molar-refractivity contribution is 0.627. The molecule has 0 aliphatic carbocycles. The van der Waals surface area contributed by atoms with E-state index in [2.05, 4.69) is 15.1 Å². The van der Waals surface area contributed by atoms with Crippen molar-refractivity contribution in [3.63, 3.8) is 0 Å². The Kier molecular flexibility index (Phi) is 3.53. The molecule has 0 saturated carbocycles. The van der Waals surface area contributed by atoms with Gasteiger partial charge in [0.1, 0.15) is 5.82 Å². The van der Waals surface area contributed by atoms with Gasteiger partial charge in [0.25, 0.3) is 11.3 Å². The van der Waals surface area contributed by atoms with Gasteiger partial charge in [0.2, 0.25) is 5.16 Å². The number of hydrogen-bond acceptors (Lipinski definition) is 5. The van der Waals surface area contributed by atoms with Gasteiger partial charge in [-0.1, -0.05) is 18.7 Å². The van der Waals surface area contributed by atoms with Crippen LogP contribution in [0.3, 0.4) is 0 Å². The lowest BCUT2D eigenvalue weighted by Gasteiger charge is -2.07. The van der Waals surface area contributed by atoms with Gasteiger partial charge >= 0.3 is 0 Å². The second-order valence-electron chi connectivity index (χ2n) is 5.06. The van der Waals surface area contributed by atoms with Gasteiger partial charge < -0.3 is 0 Å². The minimum atomic E-state index is -0.348. The van der Waals surface area contributed by atoms with Crippen LogP contribution in [-0.4, -0.2) is 29.9 Å². The van der Waals surface area contributed by atoms with E-state index in [-0.39, 0.29) is 11.4 Å². The summed E-state index contributed by atoms with van der Waals surface area (Å²) in [5, 5.41) is 5.44. The summed E-state index contributed by atoms with van der Waals surface area (Å²) in [6, 6.07) is 7.53. The molecule has 1 aromatic carbocycles. The Bertz CT molecular complexity index is 1100. The van der Waals surface area contributed by atoms with Crippen LogP contribution in [0.15, 0.2) is 52.7 Å². The van der Waals surface area contributed by atoms with Crippen LogP contribution in [0.25, 0.3) is 22.4 Å². The van der Waals surface area contributed by atoms with Gasteiger partial charge in [-0.15, -0.1) is 5.10 Å². The van der Waals surface area contributed by atoms with Crippen LogP contribution in [0.5, 0.6) is 0 Å². The largest absolute Gasteiger partial charge is 0.284 e. The highest BCUT2D eigenvalue weighted by Crippen LogP contribution is 2.17. The number of benzene rings is 1. The maximum atomic E-state index is 13.1. The molecule has 3 aromatic heterocycles. The summed E-state index contributed by atoms with van der Waals surface area (Å²) < 4.78 is 16.1. The molecule has 0 unspecified atom stereocenters. The molecule has 24 heavy (non-hydrogen) atoms. The Hall–Kier alpha value is -2.74. The number of fused-ring (bicyclic) bond motifs is 3. The fourth-order valence-corrected chi connectivity index (χ4v) is 3.04. The normalized spacial score (nSPS) is 11.4. The maximum Gasteiger partial charge on any atom is 0.266 e. The number of aromatic nitrogens is 5. The van der Waals surface area contributed by atoms with Crippen molar-refractivity contribution in [2.45, 2.75) is 12.1 Å². The summed E-state index contributed by atoms with van der Waals surface area (Å²) >= 11 is 1.51. The van der Waals surface area contributed by atoms with E-state index >= 15 is 0 Å². The Morgan fingerprint density at radius 1 is 1.21 bits per heavy atom. The van der Waals surface area contributed by atoms with Crippen LogP contribution in [0.4, 0.5) is 4.39 Å². The summed E-state index contributed by atoms with van der Waals surface area (Å²) in [5.41, 5.74) is 0.983. The molecule has 6 nitrogen and oxygen atoms in total. The average molecular weight is 341 g/mol. The quantitative estimate of drug-likeness (QED) is 0.536. The molecule has 0 saturated heterocycles. The van der Waals surface area contributed by atoms with E-state index in [1.165, 1.54) is 34.7 Å². The van der Waals surface area contributed by atoms with E-state index in [9.17, 15) is 9.18 Å². The number of hydrogen-bond donors (Lipinski definition) is 0. The number of rotatable bonds is 3. The number of nitrogens with zero attached hydrogens (tertiary/aromatic N) is 5. The first-order valence-corrected chi connectivity index (χ1v) is 8.32. The van der Waals surface area contributed by atoms with Crippen LogP contribution < -0.4 is 5.56 Å². The summed E-state index contributed by atoms with van der Waals surface area (Å²) in [7, 11) is 0. The van der Waals surface area contributed by atoms with Crippen molar-refractivity contribution in [2.24, 2.45) is 0 Å². The van der Waals surface area contributed by atoms with E-state index in [4.69, 9.17) is 0 Å². The van der Waals surface area contributed by atoms with E-state index < -0.39 is 0 Å². The highest BCUT2D eigenvalue weighted by molar-refractivity contribution is 7.99. The minimum Gasteiger partial charge on any atom is -0.284 e. The Balaban J connectivity index is 1.94. The molecule has 0 fully saturated rings. The number of thioether (sulfide) groups is 1. The van der Waals surface area contributed by atoms with E-state index in [0.717, 1.165) is 5.75 Å². The second-order valence-corrected chi connectivity index (χ2v) is 6.29. The Morgan fingerprint density at radius 3 is 2.75 bits per heavy atom. The summed E-state index contributed by atoms with van der Waals surface area (Å²) in [4.78, 5) is 21.3. The molecule has 0 radical (unpaired) electrons. The molecule has 0 atom stereocenters. The first-order valence-electron chi connectivity index (χ1n) is 7.33. The van der Waals surface area contributed by atoms with Gasteiger partial charge in [0.05, 0.1) is 10.9 Å². The molecule has 3 heterocycles.